The Morgan fingerprint density at radius 2 is 2.00 bits per heavy atom. The third-order valence-corrected chi connectivity index (χ3v) is 4.98. The molecule has 0 aliphatic carbocycles. The number of hydrogen-bond acceptors (Lipinski definition) is 3. The van der Waals surface area contributed by atoms with E-state index in [0.29, 0.717) is 42.9 Å². The summed E-state index contributed by atoms with van der Waals surface area (Å²) in [5.74, 6) is 0.431. The van der Waals surface area contributed by atoms with E-state index in [1.165, 1.54) is 18.3 Å². The van der Waals surface area contributed by atoms with Crippen molar-refractivity contribution in [1.29, 1.82) is 0 Å². The highest BCUT2D eigenvalue weighted by atomic mass is 19.4. The lowest BCUT2D eigenvalue weighted by molar-refractivity contribution is -0.138. The van der Waals surface area contributed by atoms with Crippen molar-refractivity contribution in [3.05, 3.63) is 59.3 Å². The molecular weight excluding hydrogens is 355 g/mol. The fraction of sp³-hybridized carbons (Fsp3) is 0.400. The summed E-state index contributed by atoms with van der Waals surface area (Å²) in [7, 11) is 0. The highest BCUT2D eigenvalue weighted by Gasteiger charge is 2.33. The molecule has 4 nitrogen and oxygen atoms in total. The Kier molecular flexibility index (Phi) is 5.68. The van der Waals surface area contributed by atoms with E-state index in [-0.39, 0.29) is 11.8 Å². The van der Waals surface area contributed by atoms with Gasteiger partial charge in [0.2, 0.25) is 0 Å². The van der Waals surface area contributed by atoms with E-state index in [1.807, 2.05) is 0 Å². The molecule has 2 aromatic rings. The third kappa shape index (κ3) is 4.78. The van der Waals surface area contributed by atoms with Crippen molar-refractivity contribution in [2.24, 2.45) is 5.92 Å². The number of carbonyl (C=O) groups is 1. The molecule has 1 fully saturated rings. The Morgan fingerprint density at radius 1 is 1.22 bits per heavy atom. The molecule has 1 atom stereocenters. The largest absolute Gasteiger partial charge is 0.416 e. The number of aryl methyl sites for hydroxylation is 1. The standard InChI is InChI=1S/C20H22F3N3O/c21-20(22,23)17-6-2-1-5-15(17)8-7-14-4-3-11-26(13-14)19(27)16-9-10-18(24)25-12-16/h1-2,5-6,9-10,12,14H,3-4,7-8,11,13H2,(H2,24,25)/t14-/m0/s1. The van der Waals surface area contributed by atoms with Gasteiger partial charge in [0.1, 0.15) is 5.82 Å². The number of piperidine rings is 1. The number of alkyl halides is 3. The van der Waals surface area contributed by atoms with E-state index in [2.05, 4.69) is 4.98 Å². The average Bonchev–Trinajstić information content (AvgIpc) is 2.66. The van der Waals surface area contributed by atoms with E-state index >= 15 is 0 Å². The molecule has 2 heterocycles. The van der Waals surface area contributed by atoms with E-state index in [1.54, 1.807) is 23.1 Å². The van der Waals surface area contributed by atoms with Gasteiger partial charge in [0.05, 0.1) is 11.1 Å². The van der Waals surface area contributed by atoms with Crippen LogP contribution in [-0.4, -0.2) is 28.9 Å². The Morgan fingerprint density at radius 3 is 2.70 bits per heavy atom. The first-order valence-electron chi connectivity index (χ1n) is 9.00. The first-order valence-corrected chi connectivity index (χ1v) is 9.00. The number of nitrogens with two attached hydrogens (primary N) is 1. The molecule has 2 N–H and O–H groups in total. The number of aromatic nitrogens is 1. The summed E-state index contributed by atoms with van der Waals surface area (Å²) in [6.45, 7) is 1.20. The predicted molar refractivity (Wildman–Crippen MR) is 97.0 cm³/mol. The van der Waals surface area contributed by atoms with Gasteiger partial charge in [0, 0.05) is 19.3 Å². The molecular formula is C20H22F3N3O. The van der Waals surface area contributed by atoms with Crippen LogP contribution >= 0.6 is 0 Å². The van der Waals surface area contributed by atoms with Crippen molar-refractivity contribution in [2.45, 2.75) is 31.9 Å². The van der Waals surface area contributed by atoms with Crippen LogP contribution in [0.15, 0.2) is 42.6 Å². The van der Waals surface area contributed by atoms with Gasteiger partial charge >= 0.3 is 6.18 Å². The van der Waals surface area contributed by atoms with Crippen LogP contribution in [0.25, 0.3) is 0 Å². The normalized spacial score (nSPS) is 17.7. The molecule has 0 spiro atoms. The minimum atomic E-state index is -4.34. The Balaban J connectivity index is 1.62. The van der Waals surface area contributed by atoms with E-state index in [4.69, 9.17) is 5.73 Å². The number of nitrogen functional groups attached to an aromatic ring is 1. The Labute approximate surface area is 156 Å². The molecule has 1 aliphatic heterocycles. The number of benzene rings is 1. The van der Waals surface area contributed by atoms with Crippen LogP contribution in [0.3, 0.4) is 0 Å². The van der Waals surface area contributed by atoms with Crippen LogP contribution in [0, 0.1) is 5.92 Å². The minimum Gasteiger partial charge on any atom is -0.384 e. The number of pyridine rings is 1. The van der Waals surface area contributed by atoms with E-state index < -0.39 is 11.7 Å². The predicted octanol–water partition coefficient (Wildman–Crippen LogP) is 4.17. The summed E-state index contributed by atoms with van der Waals surface area (Å²) in [5, 5.41) is 0. The number of amides is 1. The van der Waals surface area contributed by atoms with Crippen molar-refractivity contribution in [2.75, 3.05) is 18.8 Å². The van der Waals surface area contributed by atoms with Gasteiger partial charge in [0.25, 0.3) is 5.91 Å². The zero-order valence-electron chi connectivity index (χ0n) is 14.9. The maximum Gasteiger partial charge on any atom is 0.416 e. The Hall–Kier alpha value is -2.57. The first-order chi connectivity index (χ1) is 12.8. The number of halogens is 3. The number of anilines is 1. The number of hydrogen-bond donors (Lipinski definition) is 1. The highest BCUT2D eigenvalue weighted by molar-refractivity contribution is 5.94. The van der Waals surface area contributed by atoms with Crippen LogP contribution in [0.2, 0.25) is 0 Å². The third-order valence-electron chi connectivity index (χ3n) is 4.98. The fourth-order valence-electron chi connectivity index (χ4n) is 3.57. The minimum absolute atomic E-state index is 0.108. The van der Waals surface area contributed by atoms with Crippen LogP contribution in [0.4, 0.5) is 19.0 Å². The van der Waals surface area contributed by atoms with Crippen molar-refractivity contribution < 1.29 is 18.0 Å². The molecule has 1 saturated heterocycles. The van der Waals surface area contributed by atoms with Crippen LogP contribution in [-0.2, 0) is 12.6 Å². The molecule has 144 valence electrons. The lowest BCUT2D eigenvalue weighted by Crippen LogP contribution is -2.40. The van der Waals surface area contributed by atoms with Gasteiger partial charge in [-0.3, -0.25) is 4.79 Å². The highest BCUT2D eigenvalue weighted by Crippen LogP contribution is 2.33. The molecule has 27 heavy (non-hydrogen) atoms. The number of nitrogens with zero attached hydrogens (tertiary/aromatic N) is 2. The molecule has 3 rings (SSSR count). The van der Waals surface area contributed by atoms with Gasteiger partial charge in [-0.15, -0.1) is 0 Å². The summed E-state index contributed by atoms with van der Waals surface area (Å²) in [6.07, 6.45) is -0.144. The zero-order chi connectivity index (χ0) is 19.4. The average molecular weight is 377 g/mol. The second kappa shape index (κ2) is 7.98. The van der Waals surface area contributed by atoms with Crippen molar-refractivity contribution in [3.63, 3.8) is 0 Å². The lowest BCUT2D eigenvalue weighted by Gasteiger charge is -2.33. The quantitative estimate of drug-likeness (QED) is 0.870. The van der Waals surface area contributed by atoms with Crippen LogP contribution in [0.1, 0.15) is 40.7 Å². The van der Waals surface area contributed by atoms with Crippen molar-refractivity contribution in [3.8, 4) is 0 Å². The molecule has 1 aliphatic rings. The van der Waals surface area contributed by atoms with Crippen LogP contribution in [0.5, 0.6) is 0 Å². The van der Waals surface area contributed by atoms with Gasteiger partial charge in [-0.1, -0.05) is 18.2 Å². The molecule has 0 saturated carbocycles. The molecule has 1 aromatic heterocycles. The number of likely N-dealkylation sites (tertiary alicyclic amines) is 1. The van der Waals surface area contributed by atoms with E-state index in [0.717, 1.165) is 18.9 Å². The first kappa shape index (κ1) is 19.2. The summed E-state index contributed by atoms with van der Waals surface area (Å²) < 4.78 is 39.4. The summed E-state index contributed by atoms with van der Waals surface area (Å²) >= 11 is 0. The second-order valence-electron chi connectivity index (χ2n) is 6.92. The molecule has 0 radical (unpaired) electrons. The summed E-state index contributed by atoms with van der Waals surface area (Å²) in [6, 6.07) is 8.94. The lowest BCUT2D eigenvalue weighted by atomic mass is 9.90. The van der Waals surface area contributed by atoms with Gasteiger partial charge < -0.3 is 10.6 Å². The second-order valence-corrected chi connectivity index (χ2v) is 6.92. The molecule has 1 amide bonds. The zero-order valence-corrected chi connectivity index (χ0v) is 14.9. The van der Waals surface area contributed by atoms with Crippen molar-refractivity contribution in [1.82, 2.24) is 9.88 Å². The molecule has 1 aromatic carbocycles. The smallest absolute Gasteiger partial charge is 0.384 e. The number of carbonyl (C=O) groups excluding carboxylic acids is 1. The summed E-state index contributed by atoms with van der Waals surface area (Å²) in [4.78, 5) is 18.3. The van der Waals surface area contributed by atoms with E-state index in [9.17, 15) is 18.0 Å². The van der Waals surface area contributed by atoms with Gasteiger partial charge in [-0.05, 0) is 55.4 Å². The topological polar surface area (TPSA) is 59.2 Å². The summed E-state index contributed by atoms with van der Waals surface area (Å²) in [5.41, 5.74) is 5.78. The van der Waals surface area contributed by atoms with Gasteiger partial charge in [-0.25, -0.2) is 4.98 Å². The monoisotopic (exact) mass is 377 g/mol. The Bertz CT molecular complexity index is 790. The van der Waals surface area contributed by atoms with Crippen LogP contribution < -0.4 is 5.73 Å². The molecule has 0 unspecified atom stereocenters. The van der Waals surface area contributed by atoms with Gasteiger partial charge in [0.15, 0.2) is 0 Å². The fourth-order valence-corrected chi connectivity index (χ4v) is 3.57. The van der Waals surface area contributed by atoms with Gasteiger partial charge in [-0.2, -0.15) is 13.2 Å². The van der Waals surface area contributed by atoms with Crippen molar-refractivity contribution >= 4 is 11.7 Å². The number of rotatable bonds is 4. The maximum absolute atomic E-state index is 13.1. The SMILES string of the molecule is Nc1ccc(C(=O)N2CCC[C@@H](CCc3ccccc3C(F)(F)F)C2)cn1. The molecule has 7 heteroatoms. The molecule has 0 bridgehead atoms. The maximum atomic E-state index is 13.1.